The highest BCUT2D eigenvalue weighted by Crippen LogP contribution is 1.97. The van der Waals surface area contributed by atoms with Gasteiger partial charge in [0, 0.05) is 12.2 Å². The van der Waals surface area contributed by atoms with Crippen molar-refractivity contribution in [2.45, 2.75) is 24.9 Å². The molecule has 0 bridgehead atoms. The van der Waals surface area contributed by atoms with E-state index in [4.69, 9.17) is 15.9 Å². The van der Waals surface area contributed by atoms with E-state index in [1.54, 1.807) is 0 Å². The fraction of sp³-hybridized carbons (Fsp3) is 0.625. The van der Waals surface area contributed by atoms with E-state index in [9.17, 15) is 14.4 Å². The molecule has 0 spiro atoms. The molecule has 6 N–H and O–H groups in total. The molecule has 0 aromatic heterocycles. The maximum absolute atomic E-state index is 10.8. The number of amides is 1. The highest BCUT2D eigenvalue weighted by Gasteiger charge is 2.21. The second kappa shape index (κ2) is 7.87. The number of carbonyl (C=O) groups excluding carboxylic acids is 1. The van der Waals surface area contributed by atoms with E-state index in [1.807, 2.05) is 0 Å². The zero-order valence-electron chi connectivity index (χ0n) is 8.92. The van der Waals surface area contributed by atoms with Crippen LogP contribution in [0.3, 0.4) is 0 Å². The zero-order chi connectivity index (χ0) is 13.4. The quantitative estimate of drug-likeness (QED) is 0.213. The van der Waals surface area contributed by atoms with Gasteiger partial charge in [0.2, 0.25) is 5.91 Å². The predicted octanol–water partition coefficient (Wildman–Crippen LogP) is -1.82. The van der Waals surface area contributed by atoms with Crippen LogP contribution >= 0.6 is 12.6 Å². The number of thiol groups is 1. The fourth-order valence-electron chi connectivity index (χ4n) is 0.931. The first-order valence-electron chi connectivity index (χ1n) is 4.74. The monoisotopic (exact) mass is 265 g/mol. The van der Waals surface area contributed by atoms with Crippen molar-refractivity contribution in [2.24, 2.45) is 5.73 Å². The Morgan fingerprint density at radius 3 is 1.94 bits per heavy atom. The summed E-state index contributed by atoms with van der Waals surface area (Å²) >= 11 is 3.79. The number of hydrogen-bond acceptors (Lipinski definition) is 6. The molecule has 9 heteroatoms. The number of carboxylic acids is 2. The van der Waals surface area contributed by atoms with Gasteiger partial charge >= 0.3 is 11.9 Å². The molecule has 0 aliphatic heterocycles. The number of primary amides is 1. The van der Waals surface area contributed by atoms with Crippen molar-refractivity contribution in [3.05, 3.63) is 0 Å². The second-order valence-electron chi connectivity index (χ2n) is 3.26. The molecular formula is C8H15N3O5S. The van der Waals surface area contributed by atoms with E-state index < -0.39 is 29.9 Å². The molecule has 0 aromatic rings. The lowest BCUT2D eigenvalue weighted by atomic mass is 10.1. The SMILES string of the molecule is NC(=O)CC[C@H](NN[C@@H](CS)C(=O)O)C(=O)O. The minimum Gasteiger partial charge on any atom is -0.480 e. The van der Waals surface area contributed by atoms with Crippen molar-refractivity contribution >= 4 is 30.5 Å². The summed E-state index contributed by atoms with van der Waals surface area (Å²) in [5, 5.41) is 17.5. The first kappa shape index (κ1) is 15.7. The number of carbonyl (C=O) groups is 3. The van der Waals surface area contributed by atoms with Crippen molar-refractivity contribution < 1.29 is 24.6 Å². The molecule has 98 valence electrons. The number of nitrogens with one attached hydrogen (secondary N) is 2. The van der Waals surface area contributed by atoms with E-state index in [0.29, 0.717) is 0 Å². The molecule has 1 amide bonds. The van der Waals surface area contributed by atoms with E-state index in [-0.39, 0.29) is 18.6 Å². The second-order valence-corrected chi connectivity index (χ2v) is 3.62. The van der Waals surface area contributed by atoms with Crippen molar-refractivity contribution in [3.8, 4) is 0 Å². The Morgan fingerprint density at radius 1 is 1.12 bits per heavy atom. The molecule has 0 aromatic carbocycles. The summed E-state index contributed by atoms with van der Waals surface area (Å²) in [7, 11) is 0. The molecule has 8 nitrogen and oxygen atoms in total. The van der Waals surface area contributed by atoms with Crippen LogP contribution < -0.4 is 16.6 Å². The summed E-state index contributed by atoms with van der Waals surface area (Å²) in [5.41, 5.74) is 9.52. The van der Waals surface area contributed by atoms with Crippen molar-refractivity contribution in [2.75, 3.05) is 5.75 Å². The first-order valence-corrected chi connectivity index (χ1v) is 5.37. The van der Waals surface area contributed by atoms with Gasteiger partial charge in [-0.15, -0.1) is 0 Å². The molecule has 0 rings (SSSR count). The van der Waals surface area contributed by atoms with Gasteiger partial charge in [-0.2, -0.15) is 12.6 Å². The largest absolute Gasteiger partial charge is 0.480 e. The fourth-order valence-corrected chi connectivity index (χ4v) is 1.18. The van der Waals surface area contributed by atoms with Crippen molar-refractivity contribution in [1.82, 2.24) is 10.9 Å². The molecule has 0 heterocycles. The smallest absolute Gasteiger partial charge is 0.322 e. The lowest BCUT2D eigenvalue weighted by Crippen LogP contribution is -2.53. The Hall–Kier alpha value is -1.32. The van der Waals surface area contributed by atoms with Crippen molar-refractivity contribution in [3.63, 3.8) is 0 Å². The van der Waals surface area contributed by atoms with Crippen molar-refractivity contribution in [1.29, 1.82) is 0 Å². The third kappa shape index (κ3) is 6.76. The Kier molecular flexibility index (Phi) is 7.26. The minimum atomic E-state index is -1.21. The van der Waals surface area contributed by atoms with Gasteiger partial charge in [-0.1, -0.05) is 0 Å². The van der Waals surface area contributed by atoms with Crippen LogP contribution in [0.4, 0.5) is 0 Å². The summed E-state index contributed by atoms with van der Waals surface area (Å²) in [4.78, 5) is 31.9. The van der Waals surface area contributed by atoms with Gasteiger partial charge < -0.3 is 15.9 Å². The van der Waals surface area contributed by atoms with Gasteiger partial charge in [0.05, 0.1) is 0 Å². The van der Waals surface area contributed by atoms with E-state index in [0.717, 1.165) is 0 Å². The summed E-state index contributed by atoms with van der Waals surface area (Å²) in [5.74, 6) is -3.00. The summed E-state index contributed by atoms with van der Waals surface area (Å²) in [6.07, 6.45) is -0.138. The van der Waals surface area contributed by atoms with Crippen LogP contribution in [0.25, 0.3) is 0 Å². The Labute approximate surface area is 103 Å². The third-order valence-corrected chi connectivity index (χ3v) is 2.26. The lowest BCUT2D eigenvalue weighted by molar-refractivity contribution is -0.142. The molecule has 0 fully saturated rings. The number of nitrogens with two attached hydrogens (primary N) is 1. The van der Waals surface area contributed by atoms with E-state index in [2.05, 4.69) is 23.5 Å². The standard InChI is InChI=1S/C8H15N3O5S/c9-6(12)2-1-4(7(13)14)10-11-5(3-17)8(15)16/h4-5,10-11,17H,1-3H2,(H2,9,12)(H,13,14)(H,15,16)/t4-,5-/m0/s1. The topological polar surface area (TPSA) is 142 Å². The van der Waals surface area contributed by atoms with Gasteiger partial charge in [0.15, 0.2) is 0 Å². The predicted molar refractivity (Wildman–Crippen MR) is 61.4 cm³/mol. The van der Waals surface area contributed by atoms with Gasteiger partial charge in [0.1, 0.15) is 12.1 Å². The highest BCUT2D eigenvalue weighted by atomic mass is 32.1. The van der Waals surface area contributed by atoms with Gasteiger partial charge in [-0.3, -0.25) is 14.4 Å². The van der Waals surface area contributed by atoms with E-state index >= 15 is 0 Å². The van der Waals surface area contributed by atoms with Crippen LogP contribution in [0.15, 0.2) is 0 Å². The van der Waals surface area contributed by atoms with Crippen LogP contribution in [0.1, 0.15) is 12.8 Å². The highest BCUT2D eigenvalue weighted by molar-refractivity contribution is 7.80. The molecule has 0 unspecified atom stereocenters. The lowest BCUT2D eigenvalue weighted by Gasteiger charge is -2.18. The van der Waals surface area contributed by atoms with Crippen LogP contribution in [-0.2, 0) is 14.4 Å². The number of hydrazine groups is 1. The average molecular weight is 265 g/mol. The third-order valence-electron chi connectivity index (χ3n) is 1.89. The molecule has 0 saturated carbocycles. The molecule has 0 saturated heterocycles. The molecule has 17 heavy (non-hydrogen) atoms. The number of carboxylic acid groups (broad SMARTS) is 2. The van der Waals surface area contributed by atoms with E-state index in [1.165, 1.54) is 0 Å². The van der Waals surface area contributed by atoms with Crippen LogP contribution in [-0.4, -0.2) is 45.9 Å². The summed E-state index contributed by atoms with van der Waals surface area (Å²) < 4.78 is 0. The average Bonchev–Trinajstić information content (AvgIpc) is 2.21. The molecule has 0 radical (unpaired) electrons. The number of aliphatic carboxylic acids is 2. The Morgan fingerprint density at radius 2 is 1.59 bits per heavy atom. The zero-order valence-corrected chi connectivity index (χ0v) is 9.81. The molecular weight excluding hydrogens is 250 g/mol. The first-order chi connectivity index (χ1) is 7.88. The Balaban J connectivity index is 4.21. The van der Waals surface area contributed by atoms with Crippen LogP contribution in [0, 0.1) is 0 Å². The maximum atomic E-state index is 10.8. The normalized spacial score (nSPS) is 13.9. The van der Waals surface area contributed by atoms with Gasteiger partial charge in [-0.05, 0) is 6.42 Å². The minimum absolute atomic E-state index is 0.00943. The Bertz CT molecular complexity index is 299. The van der Waals surface area contributed by atoms with Gasteiger partial charge in [0.25, 0.3) is 0 Å². The van der Waals surface area contributed by atoms with Crippen LogP contribution in [0.5, 0.6) is 0 Å². The molecule has 2 atom stereocenters. The number of rotatable bonds is 9. The maximum Gasteiger partial charge on any atom is 0.322 e. The van der Waals surface area contributed by atoms with Gasteiger partial charge in [-0.25, -0.2) is 10.9 Å². The number of hydrogen-bond donors (Lipinski definition) is 6. The molecule has 0 aliphatic carbocycles. The summed E-state index contributed by atoms with van der Waals surface area (Å²) in [6, 6.07) is -2.11. The molecule has 0 aliphatic rings. The van der Waals surface area contributed by atoms with Crippen LogP contribution in [0.2, 0.25) is 0 Å². The summed E-state index contributed by atoms with van der Waals surface area (Å²) in [6.45, 7) is 0.